The minimum atomic E-state index is -0.407. The van der Waals surface area contributed by atoms with Gasteiger partial charge < -0.3 is 9.47 Å². The molecule has 0 aromatic rings. The molecule has 0 bridgehead atoms. The highest BCUT2D eigenvalue weighted by Crippen LogP contribution is 2.42. The highest BCUT2D eigenvalue weighted by molar-refractivity contribution is 5.74. The Hall–Kier alpha value is -0.570. The fourth-order valence-electron chi connectivity index (χ4n) is 2.17. The van der Waals surface area contributed by atoms with Crippen molar-refractivity contribution >= 4 is 5.97 Å². The molecule has 1 atom stereocenters. The van der Waals surface area contributed by atoms with Crippen molar-refractivity contribution in [3.8, 4) is 0 Å². The number of rotatable bonds is 2. The number of carbonyl (C=O) groups is 1. The molecule has 1 unspecified atom stereocenters. The van der Waals surface area contributed by atoms with E-state index in [0.29, 0.717) is 6.61 Å². The van der Waals surface area contributed by atoms with Gasteiger partial charge in [-0.25, -0.2) is 0 Å². The molecule has 0 N–H and O–H groups in total. The predicted molar refractivity (Wildman–Crippen MR) is 54.0 cm³/mol. The topological polar surface area (TPSA) is 35.5 Å². The lowest BCUT2D eigenvalue weighted by Gasteiger charge is -2.26. The molecular weight excluding hydrogens is 180 g/mol. The Labute approximate surface area is 85.8 Å². The van der Waals surface area contributed by atoms with E-state index in [4.69, 9.17) is 9.47 Å². The largest absolute Gasteiger partial charge is 0.466 e. The van der Waals surface area contributed by atoms with Crippen LogP contribution in [0.15, 0.2) is 0 Å². The summed E-state index contributed by atoms with van der Waals surface area (Å²) in [5.74, 6) is -0.277. The van der Waals surface area contributed by atoms with Crippen molar-refractivity contribution in [2.45, 2.75) is 52.2 Å². The molecule has 0 spiro atoms. The molecule has 0 aliphatic carbocycles. The molecule has 14 heavy (non-hydrogen) atoms. The number of carbonyl (C=O) groups excluding carboxylic acids is 1. The summed E-state index contributed by atoms with van der Waals surface area (Å²) in [6.07, 6.45) is 0.735. The third kappa shape index (κ3) is 2.27. The van der Waals surface area contributed by atoms with E-state index in [9.17, 15) is 4.79 Å². The maximum Gasteiger partial charge on any atom is 0.311 e. The monoisotopic (exact) mass is 200 g/mol. The fourth-order valence-corrected chi connectivity index (χ4v) is 2.17. The zero-order chi connectivity index (χ0) is 11.0. The Morgan fingerprint density at radius 2 is 2.00 bits per heavy atom. The highest BCUT2D eigenvalue weighted by atomic mass is 16.6. The van der Waals surface area contributed by atoms with Gasteiger partial charge in [0.25, 0.3) is 0 Å². The molecule has 0 aromatic carbocycles. The van der Waals surface area contributed by atoms with Crippen molar-refractivity contribution in [3.05, 3.63) is 0 Å². The molecule has 1 heterocycles. The molecule has 82 valence electrons. The van der Waals surface area contributed by atoms with Crippen LogP contribution in [0.4, 0.5) is 0 Å². The van der Waals surface area contributed by atoms with Crippen LogP contribution < -0.4 is 0 Å². The molecule has 3 nitrogen and oxygen atoms in total. The van der Waals surface area contributed by atoms with Gasteiger partial charge in [-0.15, -0.1) is 0 Å². The highest BCUT2D eigenvalue weighted by Gasteiger charge is 2.50. The van der Waals surface area contributed by atoms with E-state index in [1.54, 1.807) is 0 Å². The molecule has 1 rings (SSSR count). The summed E-state index contributed by atoms with van der Waals surface area (Å²) in [7, 11) is 0. The molecule has 0 amide bonds. The van der Waals surface area contributed by atoms with Gasteiger partial charge in [-0.2, -0.15) is 0 Å². The number of esters is 1. The van der Waals surface area contributed by atoms with Crippen LogP contribution in [0.1, 0.15) is 41.0 Å². The van der Waals surface area contributed by atoms with Crippen LogP contribution in [-0.4, -0.2) is 23.8 Å². The van der Waals surface area contributed by atoms with E-state index in [1.165, 1.54) is 0 Å². The van der Waals surface area contributed by atoms with Crippen molar-refractivity contribution in [3.63, 3.8) is 0 Å². The quantitative estimate of drug-likeness (QED) is 0.641. The van der Waals surface area contributed by atoms with Crippen molar-refractivity contribution in [2.24, 2.45) is 5.92 Å². The van der Waals surface area contributed by atoms with Gasteiger partial charge in [0, 0.05) is 0 Å². The maximum absolute atomic E-state index is 11.6. The van der Waals surface area contributed by atoms with E-state index < -0.39 is 5.60 Å². The first-order valence-electron chi connectivity index (χ1n) is 5.15. The Morgan fingerprint density at radius 1 is 1.43 bits per heavy atom. The smallest absolute Gasteiger partial charge is 0.311 e. The maximum atomic E-state index is 11.6. The van der Waals surface area contributed by atoms with E-state index in [-0.39, 0.29) is 17.5 Å². The lowest BCUT2D eigenvalue weighted by atomic mass is 9.87. The standard InChI is InChI=1S/C11H20O3/c1-6-13-9(12)8-7-10(2,3)14-11(8,4)5/h8H,6-7H2,1-5H3. The van der Waals surface area contributed by atoms with Gasteiger partial charge >= 0.3 is 5.97 Å². The van der Waals surface area contributed by atoms with Crippen molar-refractivity contribution in [1.29, 1.82) is 0 Å². The zero-order valence-electron chi connectivity index (χ0n) is 9.72. The summed E-state index contributed by atoms with van der Waals surface area (Å²) in [4.78, 5) is 11.6. The molecule has 1 saturated heterocycles. The molecule has 1 aliphatic rings. The van der Waals surface area contributed by atoms with Crippen molar-refractivity contribution in [1.82, 2.24) is 0 Å². The van der Waals surface area contributed by atoms with Crippen LogP contribution in [0, 0.1) is 5.92 Å². The van der Waals surface area contributed by atoms with Gasteiger partial charge in [0.15, 0.2) is 0 Å². The molecule has 1 aliphatic heterocycles. The normalized spacial score (nSPS) is 28.8. The van der Waals surface area contributed by atoms with Crippen LogP contribution in [0.25, 0.3) is 0 Å². The first kappa shape index (κ1) is 11.5. The Morgan fingerprint density at radius 3 is 2.36 bits per heavy atom. The van der Waals surface area contributed by atoms with Crippen molar-refractivity contribution < 1.29 is 14.3 Å². The lowest BCUT2D eigenvalue weighted by molar-refractivity contribution is -0.154. The summed E-state index contributed by atoms with van der Waals surface area (Å²) in [5, 5.41) is 0. The van der Waals surface area contributed by atoms with E-state index in [0.717, 1.165) is 6.42 Å². The Bertz CT molecular complexity index is 231. The molecule has 0 aromatic heterocycles. The van der Waals surface area contributed by atoms with Gasteiger partial charge in [-0.1, -0.05) is 0 Å². The third-order valence-corrected chi connectivity index (χ3v) is 2.65. The molecule has 0 saturated carbocycles. The first-order chi connectivity index (χ1) is 6.28. The van der Waals surface area contributed by atoms with Gasteiger partial charge in [0.05, 0.1) is 23.7 Å². The summed E-state index contributed by atoms with van der Waals surface area (Å²) in [6, 6.07) is 0. The summed E-state index contributed by atoms with van der Waals surface area (Å²) >= 11 is 0. The van der Waals surface area contributed by atoms with Gasteiger partial charge in [0.2, 0.25) is 0 Å². The second-order valence-electron chi connectivity index (χ2n) is 4.97. The number of ether oxygens (including phenoxy) is 2. The number of hydrogen-bond acceptors (Lipinski definition) is 3. The van der Waals surface area contributed by atoms with E-state index >= 15 is 0 Å². The van der Waals surface area contributed by atoms with Crippen LogP contribution in [0.5, 0.6) is 0 Å². The minimum Gasteiger partial charge on any atom is -0.466 e. The Kier molecular flexibility index (Phi) is 2.91. The summed E-state index contributed by atoms with van der Waals surface area (Å²) in [6.45, 7) is 10.2. The van der Waals surface area contributed by atoms with Gasteiger partial charge in [0.1, 0.15) is 0 Å². The predicted octanol–water partition coefficient (Wildman–Crippen LogP) is 2.14. The molecule has 0 radical (unpaired) electrons. The Balaban J connectivity index is 2.75. The summed E-state index contributed by atoms with van der Waals surface area (Å²) < 4.78 is 10.9. The SMILES string of the molecule is CCOC(=O)C1CC(C)(C)OC1(C)C. The van der Waals surface area contributed by atoms with Gasteiger partial charge in [-0.05, 0) is 41.0 Å². The second-order valence-corrected chi connectivity index (χ2v) is 4.97. The van der Waals surface area contributed by atoms with Gasteiger partial charge in [-0.3, -0.25) is 4.79 Å². The zero-order valence-corrected chi connectivity index (χ0v) is 9.72. The molecular formula is C11H20O3. The third-order valence-electron chi connectivity index (χ3n) is 2.65. The fraction of sp³-hybridized carbons (Fsp3) is 0.909. The van der Waals surface area contributed by atoms with Crippen LogP contribution >= 0.6 is 0 Å². The second kappa shape index (κ2) is 3.54. The number of hydrogen-bond donors (Lipinski definition) is 0. The van der Waals surface area contributed by atoms with E-state index in [1.807, 2.05) is 34.6 Å². The van der Waals surface area contributed by atoms with Crippen LogP contribution in [0.3, 0.4) is 0 Å². The molecule has 1 fully saturated rings. The minimum absolute atomic E-state index is 0.136. The molecule has 3 heteroatoms. The summed E-state index contributed by atoms with van der Waals surface area (Å²) in [5.41, 5.74) is -0.628. The average molecular weight is 200 g/mol. The average Bonchev–Trinajstić information content (AvgIpc) is 2.19. The lowest BCUT2D eigenvalue weighted by Crippen LogP contribution is -2.34. The van der Waals surface area contributed by atoms with Crippen LogP contribution in [-0.2, 0) is 14.3 Å². The van der Waals surface area contributed by atoms with E-state index in [2.05, 4.69) is 0 Å². The first-order valence-corrected chi connectivity index (χ1v) is 5.15. The van der Waals surface area contributed by atoms with Crippen molar-refractivity contribution in [2.75, 3.05) is 6.61 Å². The van der Waals surface area contributed by atoms with Crippen LogP contribution in [0.2, 0.25) is 0 Å².